The van der Waals surface area contributed by atoms with Crippen molar-refractivity contribution < 1.29 is 0 Å². The van der Waals surface area contributed by atoms with Crippen LogP contribution in [0.2, 0.25) is 0 Å². The molecule has 0 amide bonds. The van der Waals surface area contributed by atoms with Gasteiger partial charge in [0.1, 0.15) is 0 Å². The zero-order valence-electron chi connectivity index (χ0n) is 19.4. The van der Waals surface area contributed by atoms with E-state index in [1.54, 1.807) is 0 Å². The number of nitrogens with one attached hydrogen (secondary N) is 3. The Hall–Kier alpha value is -2.72. The maximum Gasteiger partial charge on any atom is 0.191 e. The van der Waals surface area contributed by atoms with Crippen LogP contribution in [0.1, 0.15) is 23.4 Å². The van der Waals surface area contributed by atoms with Crippen LogP contribution in [0.5, 0.6) is 0 Å². The number of nitrogens with zero attached hydrogens (tertiary/aromatic N) is 4. The Balaban J connectivity index is 1.37. The van der Waals surface area contributed by atoms with Gasteiger partial charge in [0.15, 0.2) is 5.96 Å². The molecule has 9 heteroatoms. The van der Waals surface area contributed by atoms with Gasteiger partial charge in [0, 0.05) is 64.6 Å². The van der Waals surface area contributed by atoms with E-state index in [1.807, 2.05) is 12.1 Å². The number of fused-ring (bicyclic) bond motifs is 2. The van der Waals surface area contributed by atoms with Crippen molar-refractivity contribution in [1.82, 2.24) is 25.8 Å². The van der Waals surface area contributed by atoms with E-state index >= 15 is 0 Å². The largest absolute Gasteiger partial charge is 0.370 e. The molecule has 2 aliphatic heterocycles. The zero-order valence-corrected chi connectivity index (χ0v) is 19.4. The van der Waals surface area contributed by atoms with E-state index in [0.29, 0.717) is 0 Å². The normalized spacial score (nSPS) is 18.6. The molecule has 7 N–H and O–H groups in total. The highest BCUT2D eigenvalue weighted by Crippen LogP contribution is 2.18. The van der Waals surface area contributed by atoms with Crippen molar-refractivity contribution in [2.45, 2.75) is 26.1 Å². The molecule has 0 aliphatic carbocycles. The maximum atomic E-state index is 5.47. The first-order chi connectivity index (χ1) is 16.2. The third-order valence-electron chi connectivity index (χ3n) is 6.04. The van der Waals surface area contributed by atoms with Crippen molar-refractivity contribution in [3.05, 3.63) is 53.3 Å². The Morgan fingerprint density at radius 2 is 1.52 bits per heavy atom. The van der Waals surface area contributed by atoms with Gasteiger partial charge < -0.3 is 32.3 Å². The van der Waals surface area contributed by atoms with Gasteiger partial charge in [-0.05, 0) is 49.3 Å². The Bertz CT molecular complexity index is 903. The van der Waals surface area contributed by atoms with Gasteiger partial charge in [-0.1, -0.05) is 12.1 Å². The average Bonchev–Trinajstić information content (AvgIpc) is 2.83. The van der Waals surface area contributed by atoms with E-state index in [9.17, 15) is 0 Å². The first-order valence-electron chi connectivity index (χ1n) is 11.9. The molecular formula is C24H37N9. The average molecular weight is 452 g/mol. The number of hydrogen-bond donors (Lipinski definition) is 5. The van der Waals surface area contributed by atoms with Gasteiger partial charge in [-0.15, -0.1) is 0 Å². The molecule has 1 aromatic heterocycles. The minimum absolute atomic E-state index is 0.0834. The monoisotopic (exact) mass is 451 g/mol. The quantitative estimate of drug-likeness (QED) is 0.336. The van der Waals surface area contributed by atoms with Crippen LogP contribution in [0.4, 0.5) is 11.4 Å². The summed E-state index contributed by atoms with van der Waals surface area (Å²) in [5.74, 6) is 0.0834. The summed E-state index contributed by atoms with van der Waals surface area (Å²) in [6, 6.07) is 12.6. The Labute approximate surface area is 196 Å². The molecule has 2 bridgehead atoms. The fourth-order valence-corrected chi connectivity index (χ4v) is 4.37. The smallest absolute Gasteiger partial charge is 0.191 e. The van der Waals surface area contributed by atoms with Crippen LogP contribution in [0, 0.1) is 0 Å². The van der Waals surface area contributed by atoms with Gasteiger partial charge in [-0.3, -0.25) is 9.88 Å². The molecule has 1 aromatic carbocycles. The summed E-state index contributed by atoms with van der Waals surface area (Å²) < 4.78 is 0. The lowest BCUT2D eigenvalue weighted by atomic mass is 10.2. The van der Waals surface area contributed by atoms with Crippen molar-refractivity contribution in [3.8, 4) is 0 Å². The molecule has 2 aromatic rings. The number of nitrogens with two attached hydrogens (primary N) is 2. The molecular weight excluding hydrogens is 414 g/mol. The molecule has 178 valence electrons. The Kier molecular flexibility index (Phi) is 8.48. The van der Waals surface area contributed by atoms with Crippen LogP contribution in [0.3, 0.4) is 0 Å². The van der Waals surface area contributed by atoms with Crippen LogP contribution in [-0.2, 0) is 19.6 Å². The second-order valence-corrected chi connectivity index (χ2v) is 8.73. The first kappa shape index (κ1) is 23.4. The predicted octanol–water partition coefficient (Wildman–Crippen LogP) is 0.481. The van der Waals surface area contributed by atoms with Crippen molar-refractivity contribution in [2.75, 3.05) is 57.3 Å². The van der Waals surface area contributed by atoms with Gasteiger partial charge in [0.05, 0.1) is 17.1 Å². The van der Waals surface area contributed by atoms with Crippen LogP contribution in [-0.4, -0.2) is 68.2 Å². The molecule has 0 spiro atoms. The number of aromatic nitrogens is 1. The minimum atomic E-state index is 0.0834. The summed E-state index contributed by atoms with van der Waals surface area (Å²) in [5.41, 5.74) is 16.5. The lowest BCUT2D eigenvalue weighted by Crippen LogP contribution is -2.43. The molecule has 33 heavy (non-hydrogen) atoms. The topological polar surface area (TPSA) is 120 Å². The van der Waals surface area contributed by atoms with Gasteiger partial charge in [0.2, 0.25) is 0 Å². The second-order valence-electron chi connectivity index (χ2n) is 8.73. The third-order valence-corrected chi connectivity index (χ3v) is 6.04. The number of hydrogen-bond acceptors (Lipinski definition) is 7. The molecule has 0 atom stereocenters. The predicted molar refractivity (Wildman–Crippen MR) is 135 cm³/mol. The van der Waals surface area contributed by atoms with Crippen molar-refractivity contribution >= 4 is 17.3 Å². The van der Waals surface area contributed by atoms with Crippen molar-refractivity contribution in [1.29, 1.82) is 0 Å². The fourth-order valence-electron chi connectivity index (χ4n) is 4.37. The van der Waals surface area contributed by atoms with Crippen LogP contribution in [0.25, 0.3) is 0 Å². The minimum Gasteiger partial charge on any atom is -0.370 e. The number of anilines is 1. The lowest BCUT2D eigenvalue weighted by Gasteiger charge is -2.30. The summed E-state index contributed by atoms with van der Waals surface area (Å²) in [6.07, 6.45) is 1.09. The fraction of sp³-hybridized carbons (Fsp3) is 0.500. The lowest BCUT2D eigenvalue weighted by molar-refractivity contribution is 0.260. The Morgan fingerprint density at radius 3 is 2.21 bits per heavy atom. The maximum absolute atomic E-state index is 5.47. The highest BCUT2D eigenvalue weighted by molar-refractivity contribution is 5.78. The third kappa shape index (κ3) is 7.40. The molecule has 3 heterocycles. The van der Waals surface area contributed by atoms with Crippen LogP contribution >= 0.6 is 0 Å². The van der Waals surface area contributed by atoms with Gasteiger partial charge in [0.25, 0.3) is 0 Å². The Morgan fingerprint density at radius 1 is 0.848 bits per heavy atom. The summed E-state index contributed by atoms with van der Waals surface area (Å²) in [4.78, 5) is 14.0. The van der Waals surface area contributed by atoms with E-state index in [4.69, 9.17) is 16.5 Å². The van der Waals surface area contributed by atoms with E-state index in [2.05, 4.69) is 55.0 Å². The number of guanidine groups is 1. The first-order valence-corrected chi connectivity index (χ1v) is 11.9. The SMILES string of the molecule is NC(N)=Nc1ccc(CN2CCCNCc3cc(N4CCNCC4)cc(n3)CNCC2)cc1. The molecule has 1 fully saturated rings. The van der Waals surface area contributed by atoms with Crippen molar-refractivity contribution in [3.63, 3.8) is 0 Å². The zero-order chi connectivity index (χ0) is 22.9. The van der Waals surface area contributed by atoms with Gasteiger partial charge in [-0.2, -0.15) is 0 Å². The molecule has 2 aliphatic rings. The number of aliphatic imine (C=N–C) groups is 1. The van der Waals surface area contributed by atoms with E-state index in [0.717, 1.165) is 95.5 Å². The molecule has 0 saturated carbocycles. The van der Waals surface area contributed by atoms with E-state index < -0.39 is 0 Å². The highest BCUT2D eigenvalue weighted by Gasteiger charge is 2.14. The molecule has 0 radical (unpaired) electrons. The van der Waals surface area contributed by atoms with Gasteiger partial charge >= 0.3 is 0 Å². The van der Waals surface area contributed by atoms with Gasteiger partial charge in [-0.25, -0.2) is 4.99 Å². The van der Waals surface area contributed by atoms with Crippen LogP contribution < -0.4 is 32.3 Å². The highest BCUT2D eigenvalue weighted by atomic mass is 15.2. The van der Waals surface area contributed by atoms with Crippen LogP contribution in [0.15, 0.2) is 41.4 Å². The summed E-state index contributed by atoms with van der Waals surface area (Å²) in [7, 11) is 0. The van der Waals surface area contributed by atoms with E-state index in [-0.39, 0.29) is 5.96 Å². The summed E-state index contributed by atoms with van der Waals surface area (Å²) >= 11 is 0. The van der Waals surface area contributed by atoms with E-state index in [1.165, 1.54) is 11.3 Å². The summed E-state index contributed by atoms with van der Waals surface area (Å²) in [6.45, 7) is 10.6. The number of pyridine rings is 1. The van der Waals surface area contributed by atoms with Crippen molar-refractivity contribution in [2.24, 2.45) is 16.5 Å². The number of piperazine rings is 1. The second kappa shape index (κ2) is 11.9. The number of benzene rings is 1. The number of rotatable bonds is 4. The molecule has 1 saturated heterocycles. The molecule has 0 unspecified atom stereocenters. The standard InChI is InChI=1S/C24H37N9/c25-24(26)31-20-4-2-19(3-5-20)18-32-10-1-6-28-16-21-14-23(33-12-8-27-9-13-33)15-22(30-21)17-29-7-11-32/h2-5,14-15,27-29H,1,6-13,16-18H2,(H4,25,26,31). The summed E-state index contributed by atoms with van der Waals surface area (Å²) in [5, 5.41) is 10.6. The molecule has 9 nitrogen and oxygen atoms in total. The molecule has 4 rings (SSSR count).